The number of methoxy groups -OCH3 is 1. The Morgan fingerprint density at radius 1 is 1.16 bits per heavy atom. The monoisotopic (exact) mass is 465 g/mol. The molecule has 0 unspecified atom stereocenters. The lowest BCUT2D eigenvalue weighted by Gasteiger charge is -2.17. The van der Waals surface area contributed by atoms with Crippen LogP contribution < -0.4 is 10.1 Å². The van der Waals surface area contributed by atoms with E-state index in [0.717, 1.165) is 34.2 Å². The first-order valence-electron chi connectivity index (χ1n) is 10.3. The number of benzene rings is 2. The first-order chi connectivity index (χ1) is 15.5. The second-order valence-electron chi connectivity index (χ2n) is 7.70. The van der Waals surface area contributed by atoms with E-state index in [1.165, 1.54) is 43.5 Å². The molecule has 5 rings (SSSR count). The second-order valence-corrected chi connectivity index (χ2v) is 8.97. The molecule has 6 nitrogen and oxygen atoms in total. The van der Waals surface area contributed by atoms with Crippen molar-refractivity contribution in [1.29, 1.82) is 0 Å². The molecular weight excluding hydrogens is 446 g/mol. The van der Waals surface area contributed by atoms with Crippen molar-refractivity contribution in [3.63, 3.8) is 0 Å². The number of ether oxygens (including phenoxy) is 1. The van der Waals surface area contributed by atoms with Crippen LogP contribution >= 0.6 is 22.9 Å². The van der Waals surface area contributed by atoms with Gasteiger partial charge in [-0.15, -0.1) is 11.3 Å². The number of aromatic carboxylic acids is 1. The van der Waals surface area contributed by atoms with E-state index in [-0.39, 0.29) is 16.3 Å². The molecule has 4 aromatic rings. The maximum absolute atomic E-state index is 11.5. The summed E-state index contributed by atoms with van der Waals surface area (Å²) < 4.78 is 5.25. The predicted molar refractivity (Wildman–Crippen MR) is 128 cm³/mol. The number of aryl methyl sites for hydroxylation is 2. The molecule has 0 bridgehead atoms. The van der Waals surface area contributed by atoms with Crippen molar-refractivity contribution < 1.29 is 14.6 Å². The number of nitrogens with zero attached hydrogens (tertiary/aromatic N) is 2. The number of fused-ring (bicyclic) bond motifs is 2. The van der Waals surface area contributed by atoms with Gasteiger partial charge in [0.2, 0.25) is 0 Å². The Hall–Kier alpha value is -3.16. The van der Waals surface area contributed by atoms with Crippen LogP contribution in [0, 0.1) is 0 Å². The lowest BCUT2D eigenvalue weighted by Crippen LogP contribution is -2.03. The fraction of sp³-hybridized carbons (Fsp3) is 0.208. The number of anilines is 2. The van der Waals surface area contributed by atoms with E-state index < -0.39 is 5.97 Å². The fourth-order valence-corrected chi connectivity index (χ4v) is 5.32. The van der Waals surface area contributed by atoms with Crippen LogP contribution in [-0.4, -0.2) is 28.2 Å². The third-order valence-corrected chi connectivity index (χ3v) is 7.00. The summed E-state index contributed by atoms with van der Waals surface area (Å²) in [5, 5.41) is 15.9. The van der Waals surface area contributed by atoms with Crippen LogP contribution in [0.2, 0.25) is 5.02 Å². The van der Waals surface area contributed by atoms with Crippen LogP contribution in [0.15, 0.2) is 42.0 Å². The number of carboxylic acids is 1. The summed E-state index contributed by atoms with van der Waals surface area (Å²) in [6.45, 7) is 0. The van der Waals surface area contributed by atoms with Gasteiger partial charge in [-0.1, -0.05) is 29.8 Å². The molecule has 0 saturated heterocycles. The Morgan fingerprint density at radius 3 is 2.75 bits per heavy atom. The Labute approximate surface area is 193 Å². The molecule has 1 aliphatic rings. The van der Waals surface area contributed by atoms with Gasteiger partial charge in [-0.25, -0.2) is 14.8 Å². The molecule has 2 heterocycles. The van der Waals surface area contributed by atoms with Gasteiger partial charge in [-0.05, 0) is 48.4 Å². The maximum atomic E-state index is 11.5. The topological polar surface area (TPSA) is 84.3 Å². The van der Waals surface area contributed by atoms with Gasteiger partial charge >= 0.3 is 5.97 Å². The number of thiophene rings is 1. The Bertz CT molecular complexity index is 1350. The fourth-order valence-electron chi connectivity index (χ4n) is 4.20. The summed E-state index contributed by atoms with van der Waals surface area (Å²) in [6, 6.07) is 9.63. The third kappa shape index (κ3) is 3.67. The highest BCUT2D eigenvalue weighted by Gasteiger charge is 2.19. The minimum absolute atomic E-state index is 0.00108. The molecule has 162 valence electrons. The molecule has 0 atom stereocenters. The molecule has 1 aliphatic carbocycles. The molecule has 8 heteroatoms. The van der Waals surface area contributed by atoms with E-state index in [0.29, 0.717) is 11.5 Å². The highest BCUT2D eigenvalue weighted by Crippen LogP contribution is 2.40. The van der Waals surface area contributed by atoms with Crippen molar-refractivity contribution in [3.8, 4) is 16.9 Å². The van der Waals surface area contributed by atoms with Gasteiger partial charge in [-0.3, -0.25) is 0 Å². The SMILES string of the molecule is COc1cc(Nc2ncnc3scc(-c4ccc5c(c4)CCCC5)c23)c(Cl)cc1C(=O)O. The lowest BCUT2D eigenvalue weighted by molar-refractivity contribution is 0.0693. The Kier molecular flexibility index (Phi) is 5.45. The van der Waals surface area contributed by atoms with Crippen LogP contribution in [-0.2, 0) is 12.8 Å². The van der Waals surface area contributed by atoms with Crippen molar-refractivity contribution >= 4 is 50.6 Å². The van der Waals surface area contributed by atoms with Crippen LogP contribution in [0.3, 0.4) is 0 Å². The Morgan fingerprint density at radius 2 is 1.97 bits per heavy atom. The zero-order valence-electron chi connectivity index (χ0n) is 17.3. The van der Waals surface area contributed by atoms with E-state index in [9.17, 15) is 9.90 Å². The number of carbonyl (C=O) groups is 1. The first kappa shape index (κ1) is 20.7. The number of aromatic nitrogens is 2. The number of hydrogen-bond donors (Lipinski definition) is 2. The minimum atomic E-state index is -1.10. The smallest absolute Gasteiger partial charge is 0.339 e. The molecule has 0 saturated carbocycles. The number of carboxylic acid groups (broad SMARTS) is 1. The van der Waals surface area contributed by atoms with Gasteiger partial charge in [0, 0.05) is 17.0 Å². The summed E-state index contributed by atoms with van der Waals surface area (Å²) in [5.74, 6) is -0.279. The summed E-state index contributed by atoms with van der Waals surface area (Å²) in [5.41, 5.74) is 5.56. The van der Waals surface area contributed by atoms with Crippen LogP contribution in [0.1, 0.15) is 34.3 Å². The number of halogens is 1. The van der Waals surface area contributed by atoms with Gasteiger partial charge in [0.15, 0.2) is 0 Å². The minimum Gasteiger partial charge on any atom is -0.496 e. The average Bonchev–Trinajstić information content (AvgIpc) is 3.25. The molecule has 2 aromatic heterocycles. The molecule has 0 amide bonds. The molecule has 2 N–H and O–H groups in total. The van der Waals surface area contributed by atoms with Crippen LogP contribution in [0.25, 0.3) is 21.3 Å². The Balaban J connectivity index is 1.60. The maximum Gasteiger partial charge on any atom is 0.339 e. The van der Waals surface area contributed by atoms with Gasteiger partial charge in [0.1, 0.15) is 28.3 Å². The molecule has 0 spiro atoms. The molecule has 2 aromatic carbocycles. The highest BCUT2D eigenvalue weighted by molar-refractivity contribution is 7.17. The second kappa shape index (κ2) is 8.41. The zero-order valence-corrected chi connectivity index (χ0v) is 18.9. The van der Waals surface area contributed by atoms with Gasteiger partial charge in [-0.2, -0.15) is 0 Å². The number of rotatable bonds is 5. The molecule has 0 aliphatic heterocycles. The normalized spacial score (nSPS) is 13.1. The first-order valence-corrected chi connectivity index (χ1v) is 11.5. The van der Waals surface area contributed by atoms with Crippen LogP contribution in [0.5, 0.6) is 5.75 Å². The largest absolute Gasteiger partial charge is 0.496 e. The van der Waals surface area contributed by atoms with Crippen molar-refractivity contribution in [2.24, 2.45) is 0 Å². The van der Waals surface area contributed by atoms with E-state index in [1.807, 2.05) is 0 Å². The van der Waals surface area contributed by atoms with E-state index in [2.05, 4.69) is 38.9 Å². The van der Waals surface area contributed by atoms with Crippen molar-refractivity contribution in [2.45, 2.75) is 25.7 Å². The molecule has 32 heavy (non-hydrogen) atoms. The molecule has 0 radical (unpaired) electrons. The van der Waals surface area contributed by atoms with Crippen molar-refractivity contribution in [3.05, 3.63) is 63.8 Å². The standard InChI is InChI=1S/C24H20ClN3O3S/c1-31-20-10-19(18(25)9-16(20)24(29)30)28-22-21-17(11-32-23(21)27-12-26-22)15-7-6-13-4-2-3-5-14(13)8-15/h6-12H,2-5H2,1H3,(H,29,30)(H,26,27,28). The van der Waals surface area contributed by atoms with Gasteiger partial charge < -0.3 is 15.2 Å². The summed E-state index contributed by atoms with van der Waals surface area (Å²) in [4.78, 5) is 21.2. The summed E-state index contributed by atoms with van der Waals surface area (Å²) in [6.07, 6.45) is 6.24. The summed E-state index contributed by atoms with van der Waals surface area (Å²) in [7, 11) is 1.43. The van der Waals surface area contributed by atoms with Crippen LogP contribution in [0.4, 0.5) is 11.5 Å². The number of hydrogen-bond acceptors (Lipinski definition) is 6. The zero-order chi connectivity index (χ0) is 22.2. The van der Waals surface area contributed by atoms with E-state index in [4.69, 9.17) is 16.3 Å². The highest BCUT2D eigenvalue weighted by atomic mass is 35.5. The molecule has 0 fully saturated rings. The number of nitrogens with one attached hydrogen (secondary N) is 1. The molecular formula is C24H20ClN3O3S. The van der Waals surface area contributed by atoms with Gasteiger partial charge in [0.05, 0.1) is 23.2 Å². The predicted octanol–water partition coefficient (Wildman–Crippen LogP) is 6.34. The van der Waals surface area contributed by atoms with Crippen molar-refractivity contribution in [2.75, 3.05) is 12.4 Å². The van der Waals surface area contributed by atoms with Crippen molar-refractivity contribution in [1.82, 2.24) is 9.97 Å². The average molecular weight is 466 g/mol. The van der Waals surface area contributed by atoms with E-state index >= 15 is 0 Å². The van der Waals surface area contributed by atoms with Gasteiger partial charge in [0.25, 0.3) is 0 Å². The summed E-state index contributed by atoms with van der Waals surface area (Å²) >= 11 is 7.95. The van der Waals surface area contributed by atoms with E-state index in [1.54, 1.807) is 17.4 Å². The lowest BCUT2D eigenvalue weighted by atomic mass is 9.89. The quantitative estimate of drug-likeness (QED) is 0.357. The third-order valence-electron chi connectivity index (χ3n) is 5.80.